The Morgan fingerprint density at radius 2 is 2.06 bits per heavy atom. The van der Waals surface area contributed by atoms with Crippen molar-refractivity contribution in [1.82, 2.24) is 10.2 Å². The van der Waals surface area contributed by atoms with E-state index in [9.17, 15) is 9.90 Å². The van der Waals surface area contributed by atoms with Crippen LogP contribution < -0.4 is 5.32 Å². The fraction of sp³-hybridized carbons (Fsp3) is 0.923. The highest BCUT2D eigenvalue weighted by Crippen LogP contribution is 2.12. The Balaban J connectivity index is 2.35. The van der Waals surface area contributed by atoms with Gasteiger partial charge in [0, 0.05) is 25.4 Å². The third kappa shape index (κ3) is 5.16. The first-order valence-corrected chi connectivity index (χ1v) is 8.09. The van der Waals surface area contributed by atoms with Crippen LogP contribution in [0.25, 0.3) is 0 Å². The normalized spacial score (nSPS) is 21.4. The van der Waals surface area contributed by atoms with Crippen molar-refractivity contribution in [2.75, 3.05) is 31.6 Å². The lowest BCUT2D eigenvalue weighted by atomic mass is 10.1. The molecule has 0 aromatic rings. The topological polar surface area (TPSA) is 52.6 Å². The van der Waals surface area contributed by atoms with Crippen molar-refractivity contribution in [2.45, 2.75) is 44.8 Å². The highest BCUT2D eigenvalue weighted by Gasteiger charge is 2.25. The third-order valence-electron chi connectivity index (χ3n) is 3.28. The van der Waals surface area contributed by atoms with E-state index >= 15 is 0 Å². The Labute approximate surface area is 115 Å². The highest BCUT2D eigenvalue weighted by atomic mass is 32.2. The number of carbonyl (C=O) groups is 1. The summed E-state index contributed by atoms with van der Waals surface area (Å²) in [6, 6.07) is -0.212. The zero-order valence-electron chi connectivity index (χ0n) is 11.7. The second-order valence-electron chi connectivity index (χ2n) is 5.42. The molecule has 0 aromatic heterocycles. The standard InChI is InChI=1S/C13H26N2O2S/c1-11(14-9-13(2,17)10-18-3)12(16)15-7-5-4-6-8-15/h11,14,17H,4-10H2,1-3H3. The van der Waals surface area contributed by atoms with Gasteiger partial charge >= 0.3 is 0 Å². The zero-order chi connectivity index (χ0) is 13.6. The summed E-state index contributed by atoms with van der Waals surface area (Å²) in [4.78, 5) is 14.1. The zero-order valence-corrected chi connectivity index (χ0v) is 12.6. The molecular weight excluding hydrogens is 248 g/mol. The molecule has 4 nitrogen and oxygen atoms in total. The van der Waals surface area contributed by atoms with Crippen molar-refractivity contribution in [3.05, 3.63) is 0 Å². The smallest absolute Gasteiger partial charge is 0.239 e. The predicted octanol–water partition coefficient (Wildman–Crippen LogP) is 1.09. The number of rotatable bonds is 6. The minimum absolute atomic E-state index is 0.162. The largest absolute Gasteiger partial charge is 0.388 e. The van der Waals surface area contributed by atoms with E-state index in [0.29, 0.717) is 12.3 Å². The fourth-order valence-electron chi connectivity index (χ4n) is 2.21. The molecule has 2 N–H and O–H groups in total. The van der Waals surface area contributed by atoms with Gasteiger partial charge in [-0.3, -0.25) is 4.79 Å². The number of carbonyl (C=O) groups excluding carboxylic acids is 1. The SMILES string of the molecule is CSCC(C)(O)CNC(C)C(=O)N1CCCCC1. The van der Waals surface area contributed by atoms with Crippen molar-refractivity contribution in [3.63, 3.8) is 0 Å². The Kier molecular flexibility index (Phi) is 6.46. The van der Waals surface area contributed by atoms with Gasteiger partial charge in [0.1, 0.15) is 0 Å². The van der Waals surface area contributed by atoms with E-state index in [0.717, 1.165) is 25.9 Å². The van der Waals surface area contributed by atoms with Crippen molar-refractivity contribution in [3.8, 4) is 0 Å². The van der Waals surface area contributed by atoms with E-state index in [2.05, 4.69) is 5.32 Å². The average Bonchev–Trinajstić information content (AvgIpc) is 2.36. The van der Waals surface area contributed by atoms with E-state index in [4.69, 9.17) is 0 Å². The number of aliphatic hydroxyl groups is 1. The Hall–Kier alpha value is -0.260. The fourth-order valence-corrected chi connectivity index (χ4v) is 2.93. The van der Waals surface area contributed by atoms with Gasteiger partial charge in [-0.2, -0.15) is 11.8 Å². The van der Waals surface area contributed by atoms with E-state index in [1.54, 1.807) is 18.7 Å². The number of amides is 1. The van der Waals surface area contributed by atoms with E-state index in [1.165, 1.54) is 6.42 Å². The molecule has 1 heterocycles. The molecule has 1 rings (SSSR count). The molecule has 2 unspecified atom stereocenters. The third-order valence-corrected chi connectivity index (χ3v) is 4.19. The molecule has 106 valence electrons. The number of hydrogen-bond donors (Lipinski definition) is 2. The second-order valence-corrected chi connectivity index (χ2v) is 6.28. The molecule has 1 fully saturated rings. The van der Waals surface area contributed by atoms with Gasteiger partial charge in [-0.05, 0) is 39.4 Å². The summed E-state index contributed by atoms with van der Waals surface area (Å²) in [6.07, 6.45) is 5.43. The molecule has 0 saturated carbocycles. The van der Waals surface area contributed by atoms with Crippen LogP contribution in [0.15, 0.2) is 0 Å². The quantitative estimate of drug-likeness (QED) is 0.761. The van der Waals surface area contributed by atoms with Gasteiger partial charge in [-0.1, -0.05) is 0 Å². The van der Waals surface area contributed by atoms with Crippen LogP contribution in [0, 0.1) is 0 Å². The minimum atomic E-state index is -0.754. The number of likely N-dealkylation sites (tertiary alicyclic amines) is 1. The van der Waals surface area contributed by atoms with Crippen LogP contribution in [-0.4, -0.2) is 59.2 Å². The van der Waals surface area contributed by atoms with Crippen LogP contribution in [0.3, 0.4) is 0 Å². The van der Waals surface area contributed by atoms with Crippen molar-refractivity contribution in [2.24, 2.45) is 0 Å². The number of nitrogens with one attached hydrogen (secondary N) is 1. The molecule has 0 aromatic carbocycles. The summed E-state index contributed by atoms with van der Waals surface area (Å²) >= 11 is 1.61. The number of nitrogens with zero attached hydrogens (tertiary/aromatic N) is 1. The van der Waals surface area contributed by atoms with E-state index in [-0.39, 0.29) is 11.9 Å². The molecular formula is C13H26N2O2S. The van der Waals surface area contributed by atoms with Crippen LogP contribution in [0.2, 0.25) is 0 Å². The monoisotopic (exact) mass is 274 g/mol. The van der Waals surface area contributed by atoms with Gasteiger partial charge in [-0.15, -0.1) is 0 Å². The Bertz CT molecular complexity index is 266. The molecule has 1 aliphatic rings. The first-order valence-electron chi connectivity index (χ1n) is 6.70. The van der Waals surface area contributed by atoms with Crippen LogP contribution in [0.5, 0.6) is 0 Å². The molecule has 18 heavy (non-hydrogen) atoms. The lowest BCUT2D eigenvalue weighted by Gasteiger charge is -2.31. The molecule has 0 spiro atoms. The number of piperidine rings is 1. The predicted molar refractivity (Wildman–Crippen MR) is 76.9 cm³/mol. The molecule has 2 atom stereocenters. The van der Waals surface area contributed by atoms with E-state index in [1.807, 2.05) is 18.1 Å². The number of thioether (sulfide) groups is 1. The van der Waals surface area contributed by atoms with Gasteiger partial charge < -0.3 is 15.3 Å². The molecule has 1 aliphatic heterocycles. The van der Waals surface area contributed by atoms with Crippen molar-refractivity contribution >= 4 is 17.7 Å². The average molecular weight is 274 g/mol. The van der Waals surface area contributed by atoms with Crippen molar-refractivity contribution < 1.29 is 9.90 Å². The maximum absolute atomic E-state index is 12.1. The summed E-state index contributed by atoms with van der Waals surface area (Å²) < 4.78 is 0. The van der Waals surface area contributed by atoms with Gasteiger partial charge in [0.25, 0.3) is 0 Å². The maximum Gasteiger partial charge on any atom is 0.239 e. The van der Waals surface area contributed by atoms with Crippen LogP contribution in [-0.2, 0) is 4.79 Å². The van der Waals surface area contributed by atoms with Crippen LogP contribution >= 0.6 is 11.8 Å². The molecule has 0 bridgehead atoms. The van der Waals surface area contributed by atoms with E-state index < -0.39 is 5.60 Å². The van der Waals surface area contributed by atoms with Crippen molar-refractivity contribution in [1.29, 1.82) is 0 Å². The van der Waals surface area contributed by atoms with Crippen LogP contribution in [0.1, 0.15) is 33.1 Å². The molecule has 1 saturated heterocycles. The summed E-state index contributed by atoms with van der Waals surface area (Å²) in [6.45, 7) is 5.90. The molecule has 5 heteroatoms. The minimum Gasteiger partial charge on any atom is -0.388 e. The Morgan fingerprint density at radius 3 is 2.61 bits per heavy atom. The molecule has 1 amide bonds. The highest BCUT2D eigenvalue weighted by molar-refractivity contribution is 7.98. The molecule has 0 aliphatic carbocycles. The van der Waals surface area contributed by atoms with Crippen LogP contribution in [0.4, 0.5) is 0 Å². The van der Waals surface area contributed by atoms with Gasteiger partial charge in [-0.25, -0.2) is 0 Å². The van der Waals surface area contributed by atoms with Gasteiger partial charge in [0.2, 0.25) is 5.91 Å². The lowest BCUT2D eigenvalue weighted by Crippen LogP contribution is -2.51. The maximum atomic E-state index is 12.1. The number of hydrogen-bond acceptors (Lipinski definition) is 4. The first-order chi connectivity index (χ1) is 8.46. The summed E-state index contributed by atoms with van der Waals surface area (Å²) in [5.74, 6) is 0.833. The summed E-state index contributed by atoms with van der Waals surface area (Å²) in [5.41, 5.74) is -0.754. The lowest BCUT2D eigenvalue weighted by molar-refractivity contribution is -0.134. The Morgan fingerprint density at radius 1 is 1.44 bits per heavy atom. The summed E-state index contributed by atoms with van der Waals surface area (Å²) in [5, 5.41) is 13.2. The summed E-state index contributed by atoms with van der Waals surface area (Å²) in [7, 11) is 0. The van der Waals surface area contributed by atoms with Gasteiger partial charge in [0.05, 0.1) is 11.6 Å². The molecule has 0 radical (unpaired) electrons. The van der Waals surface area contributed by atoms with Gasteiger partial charge in [0.15, 0.2) is 0 Å². The second kappa shape index (κ2) is 7.36. The first kappa shape index (κ1) is 15.8.